The predicted octanol–water partition coefficient (Wildman–Crippen LogP) is 1.73. The third kappa shape index (κ3) is 1.10. The first-order chi connectivity index (χ1) is 6.24. The van der Waals surface area contributed by atoms with Gasteiger partial charge in [-0.2, -0.15) is 0 Å². The van der Waals surface area contributed by atoms with Crippen LogP contribution < -0.4 is 5.73 Å². The van der Waals surface area contributed by atoms with Crippen LogP contribution in [0.3, 0.4) is 0 Å². The van der Waals surface area contributed by atoms with Gasteiger partial charge in [0.25, 0.3) is 0 Å². The lowest BCUT2D eigenvalue weighted by Crippen LogP contribution is -1.99. The van der Waals surface area contributed by atoms with E-state index in [9.17, 15) is 4.39 Å². The number of nitrogens with zero attached hydrogens (tertiary/aromatic N) is 1. The third-order valence-electron chi connectivity index (χ3n) is 2.05. The quantitative estimate of drug-likeness (QED) is 0.727. The van der Waals surface area contributed by atoms with Crippen molar-refractivity contribution >= 4 is 11.0 Å². The molecule has 1 aromatic carbocycles. The summed E-state index contributed by atoms with van der Waals surface area (Å²) in [6, 6.07) is 3.29. The highest BCUT2D eigenvalue weighted by molar-refractivity contribution is 5.80. The summed E-state index contributed by atoms with van der Waals surface area (Å²) in [7, 11) is 0. The summed E-state index contributed by atoms with van der Waals surface area (Å²) in [6.07, 6.45) is 0. The summed E-state index contributed by atoms with van der Waals surface area (Å²) in [5.74, 6) is -0.321. The number of hydrogen-bond acceptors (Lipinski definition) is 3. The van der Waals surface area contributed by atoms with Gasteiger partial charge in [0.1, 0.15) is 5.82 Å². The fourth-order valence-electron chi connectivity index (χ4n) is 1.34. The minimum Gasteiger partial charge on any atom is -0.356 e. The summed E-state index contributed by atoms with van der Waals surface area (Å²) < 4.78 is 18.5. The lowest BCUT2D eigenvalue weighted by molar-refractivity contribution is 0.450. The molecular weight excluding hydrogens is 171 g/mol. The van der Waals surface area contributed by atoms with E-state index in [4.69, 9.17) is 10.3 Å². The number of fused-ring (bicyclic) bond motifs is 1. The van der Waals surface area contributed by atoms with Gasteiger partial charge in [0.2, 0.25) is 0 Å². The Kier molecular flexibility index (Phi) is 1.77. The van der Waals surface area contributed by atoms with Crippen molar-refractivity contribution in [2.45, 2.75) is 13.5 Å². The molecule has 0 atom stereocenters. The van der Waals surface area contributed by atoms with E-state index in [0.29, 0.717) is 22.2 Å². The van der Waals surface area contributed by atoms with Crippen molar-refractivity contribution in [1.82, 2.24) is 5.16 Å². The van der Waals surface area contributed by atoms with Crippen LogP contribution in [0, 0.1) is 12.7 Å². The van der Waals surface area contributed by atoms with Crippen LogP contribution in [0.2, 0.25) is 0 Å². The van der Waals surface area contributed by atoms with Crippen LogP contribution in [0.5, 0.6) is 0 Å². The molecule has 0 spiro atoms. The zero-order valence-electron chi connectivity index (χ0n) is 7.17. The molecule has 4 heteroatoms. The molecule has 0 saturated heterocycles. The fraction of sp³-hybridized carbons (Fsp3) is 0.222. The molecule has 0 radical (unpaired) electrons. The molecule has 0 fully saturated rings. The zero-order chi connectivity index (χ0) is 9.42. The van der Waals surface area contributed by atoms with E-state index in [0.717, 1.165) is 0 Å². The molecule has 2 rings (SSSR count). The fourth-order valence-corrected chi connectivity index (χ4v) is 1.34. The number of rotatable bonds is 1. The molecule has 1 aromatic heterocycles. The Morgan fingerprint density at radius 1 is 1.54 bits per heavy atom. The van der Waals surface area contributed by atoms with Gasteiger partial charge in [-0.1, -0.05) is 11.2 Å². The first kappa shape index (κ1) is 8.19. The SMILES string of the molecule is Cc1noc2ccc(CN)c(F)c12. The highest BCUT2D eigenvalue weighted by atomic mass is 19.1. The van der Waals surface area contributed by atoms with Gasteiger partial charge >= 0.3 is 0 Å². The Bertz CT molecular complexity index is 450. The zero-order valence-corrected chi connectivity index (χ0v) is 7.17. The second-order valence-electron chi connectivity index (χ2n) is 2.88. The molecule has 0 aliphatic rings. The van der Waals surface area contributed by atoms with Crippen LogP contribution in [-0.2, 0) is 6.54 Å². The molecule has 0 aliphatic heterocycles. The number of benzene rings is 1. The maximum absolute atomic E-state index is 13.6. The van der Waals surface area contributed by atoms with Crippen LogP contribution in [0.1, 0.15) is 11.3 Å². The molecule has 3 nitrogen and oxygen atoms in total. The number of aryl methyl sites for hydroxylation is 1. The molecule has 0 aliphatic carbocycles. The normalized spacial score (nSPS) is 11.0. The molecule has 2 aromatic rings. The molecule has 2 N–H and O–H groups in total. The monoisotopic (exact) mass is 180 g/mol. The molecular formula is C9H9FN2O. The highest BCUT2D eigenvalue weighted by Crippen LogP contribution is 2.23. The van der Waals surface area contributed by atoms with E-state index < -0.39 is 0 Å². The van der Waals surface area contributed by atoms with Gasteiger partial charge < -0.3 is 10.3 Å². The topological polar surface area (TPSA) is 52.0 Å². The first-order valence-electron chi connectivity index (χ1n) is 3.97. The Labute approximate surface area is 74.3 Å². The van der Waals surface area contributed by atoms with Gasteiger partial charge in [0.05, 0.1) is 11.1 Å². The van der Waals surface area contributed by atoms with E-state index >= 15 is 0 Å². The number of halogens is 1. The van der Waals surface area contributed by atoms with Gasteiger partial charge in [0, 0.05) is 12.1 Å². The van der Waals surface area contributed by atoms with E-state index in [-0.39, 0.29) is 12.4 Å². The second kappa shape index (κ2) is 2.81. The highest BCUT2D eigenvalue weighted by Gasteiger charge is 2.12. The minimum atomic E-state index is -0.321. The molecule has 0 unspecified atom stereocenters. The van der Waals surface area contributed by atoms with Crippen molar-refractivity contribution in [2.24, 2.45) is 5.73 Å². The Morgan fingerprint density at radius 3 is 3.00 bits per heavy atom. The second-order valence-corrected chi connectivity index (χ2v) is 2.88. The van der Waals surface area contributed by atoms with Gasteiger partial charge in [0.15, 0.2) is 5.58 Å². The van der Waals surface area contributed by atoms with Crippen LogP contribution in [0.25, 0.3) is 11.0 Å². The van der Waals surface area contributed by atoms with Crippen LogP contribution in [0.4, 0.5) is 4.39 Å². The number of hydrogen-bond donors (Lipinski definition) is 1. The maximum atomic E-state index is 13.6. The standard InChI is InChI=1S/C9H9FN2O/c1-5-8-7(13-12-5)3-2-6(4-11)9(8)10/h2-3H,4,11H2,1H3. The first-order valence-corrected chi connectivity index (χ1v) is 3.97. The van der Waals surface area contributed by atoms with Crippen LogP contribution in [-0.4, -0.2) is 5.16 Å². The number of nitrogens with two attached hydrogens (primary N) is 1. The largest absolute Gasteiger partial charge is 0.356 e. The van der Waals surface area contributed by atoms with Crippen LogP contribution >= 0.6 is 0 Å². The average Bonchev–Trinajstić information content (AvgIpc) is 2.49. The smallest absolute Gasteiger partial charge is 0.170 e. The summed E-state index contributed by atoms with van der Waals surface area (Å²) in [6.45, 7) is 1.89. The van der Waals surface area contributed by atoms with E-state index in [2.05, 4.69) is 5.16 Å². The van der Waals surface area contributed by atoms with Gasteiger partial charge in [-0.15, -0.1) is 0 Å². The molecule has 0 saturated carbocycles. The Morgan fingerprint density at radius 2 is 2.31 bits per heavy atom. The van der Waals surface area contributed by atoms with Crippen molar-refractivity contribution in [2.75, 3.05) is 0 Å². The van der Waals surface area contributed by atoms with Gasteiger partial charge in [-0.3, -0.25) is 0 Å². The van der Waals surface area contributed by atoms with Gasteiger partial charge in [-0.25, -0.2) is 4.39 Å². The van der Waals surface area contributed by atoms with E-state index in [1.54, 1.807) is 19.1 Å². The Balaban J connectivity index is 2.83. The molecule has 0 amide bonds. The van der Waals surface area contributed by atoms with Crippen LogP contribution in [0.15, 0.2) is 16.7 Å². The van der Waals surface area contributed by atoms with Crippen molar-refractivity contribution in [3.8, 4) is 0 Å². The molecule has 0 bridgehead atoms. The summed E-state index contributed by atoms with van der Waals surface area (Å²) >= 11 is 0. The van der Waals surface area contributed by atoms with E-state index in [1.165, 1.54) is 0 Å². The van der Waals surface area contributed by atoms with Crippen molar-refractivity contribution < 1.29 is 8.91 Å². The molecule has 68 valence electrons. The maximum Gasteiger partial charge on any atom is 0.170 e. The molecule has 1 heterocycles. The van der Waals surface area contributed by atoms with E-state index in [1.807, 2.05) is 0 Å². The summed E-state index contributed by atoms with van der Waals surface area (Å²) in [5, 5.41) is 4.11. The van der Waals surface area contributed by atoms with Crippen molar-refractivity contribution in [1.29, 1.82) is 0 Å². The summed E-state index contributed by atoms with van der Waals surface area (Å²) in [4.78, 5) is 0. The Hall–Kier alpha value is -1.42. The molecule has 13 heavy (non-hydrogen) atoms. The lowest BCUT2D eigenvalue weighted by atomic mass is 10.1. The minimum absolute atomic E-state index is 0.187. The summed E-state index contributed by atoms with van der Waals surface area (Å²) in [5.41, 5.74) is 6.88. The number of aromatic nitrogens is 1. The third-order valence-corrected chi connectivity index (χ3v) is 2.05. The van der Waals surface area contributed by atoms with Crippen molar-refractivity contribution in [3.05, 3.63) is 29.2 Å². The predicted molar refractivity (Wildman–Crippen MR) is 46.6 cm³/mol. The average molecular weight is 180 g/mol. The van der Waals surface area contributed by atoms with Crippen molar-refractivity contribution in [3.63, 3.8) is 0 Å². The lowest BCUT2D eigenvalue weighted by Gasteiger charge is -1.98. The van der Waals surface area contributed by atoms with Gasteiger partial charge in [-0.05, 0) is 13.0 Å².